The molecule has 6 heteroatoms. The van der Waals surface area contributed by atoms with E-state index in [0.717, 1.165) is 55.7 Å². The third-order valence-corrected chi connectivity index (χ3v) is 3.92. The standard InChI is InChI=1S/C12H22ClN5/c1-4-18-11(12(13)10(2)15-18)9-14-17-7-5-16(3)6-8-17/h14H,4-9H2,1-3H3. The van der Waals surface area contributed by atoms with Crippen molar-refractivity contribution in [1.29, 1.82) is 0 Å². The van der Waals surface area contributed by atoms with E-state index in [2.05, 4.69) is 34.4 Å². The summed E-state index contributed by atoms with van der Waals surface area (Å²) in [7, 11) is 2.16. The summed E-state index contributed by atoms with van der Waals surface area (Å²) in [4.78, 5) is 2.34. The second kappa shape index (κ2) is 6.02. The van der Waals surface area contributed by atoms with Gasteiger partial charge in [-0.3, -0.25) is 4.68 Å². The molecular weight excluding hydrogens is 250 g/mol. The third-order valence-electron chi connectivity index (χ3n) is 3.43. The summed E-state index contributed by atoms with van der Waals surface area (Å²) in [6.07, 6.45) is 0. The third kappa shape index (κ3) is 3.03. The second-order valence-corrected chi connectivity index (χ2v) is 5.17. The molecule has 0 aliphatic carbocycles. The molecule has 102 valence electrons. The maximum Gasteiger partial charge on any atom is 0.0860 e. The molecule has 0 radical (unpaired) electrons. The summed E-state index contributed by atoms with van der Waals surface area (Å²) < 4.78 is 1.97. The average Bonchev–Trinajstić information content (AvgIpc) is 2.65. The number of aryl methyl sites for hydroxylation is 2. The number of nitrogens with one attached hydrogen (secondary N) is 1. The normalized spacial score (nSPS) is 18.4. The molecule has 1 aliphatic rings. The lowest BCUT2D eigenvalue weighted by Crippen LogP contribution is -2.50. The average molecular weight is 272 g/mol. The highest BCUT2D eigenvalue weighted by molar-refractivity contribution is 6.31. The summed E-state index contributed by atoms with van der Waals surface area (Å²) in [5.74, 6) is 0. The van der Waals surface area contributed by atoms with Crippen LogP contribution in [0.15, 0.2) is 0 Å². The van der Waals surface area contributed by atoms with E-state index in [9.17, 15) is 0 Å². The Balaban J connectivity index is 1.93. The maximum atomic E-state index is 6.28. The summed E-state index contributed by atoms with van der Waals surface area (Å²) in [6.45, 7) is 9.95. The van der Waals surface area contributed by atoms with Crippen molar-refractivity contribution in [1.82, 2.24) is 25.1 Å². The minimum Gasteiger partial charge on any atom is -0.304 e. The Kier molecular flexibility index (Phi) is 4.61. The van der Waals surface area contributed by atoms with E-state index in [1.54, 1.807) is 0 Å². The first-order chi connectivity index (χ1) is 8.61. The minimum absolute atomic E-state index is 0.747. The van der Waals surface area contributed by atoms with Gasteiger partial charge in [0, 0.05) is 32.7 Å². The van der Waals surface area contributed by atoms with Crippen LogP contribution in [0.4, 0.5) is 0 Å². The lowest BCUT2D eigenvalue weighted by Gasteiger charge is -2.32. The molecule has 1 fully saturated rings. The highest BCUT2D eigenvalue weighted by Gasteiger charge is 2.16. The predicted octanol–water partition coefficient (Wildman–Crippen LogP) is 1.12. The van der Waals surface area contributed by atoms with Gasteiger partial charge in [-0.05, 0) is 20.9 Å². The number of rotatable bonds is 4. The molecule has 2 rings (SSSR count). The molecule has 0 atom stereocenters. The van der Waals surface area contributed by atoms with Gasteiger partial charge in [-0.25, -0.2) is 10.4 Å². The van der Waals surface area contributed by atoms with Crippen LogP contribution in [-0.4, -0.2) is 52.9 Å². The fourth-order valence-electron chi connectivity index (χ4n) is 2.19. The molecule has 18 heavy (non-hydrogen) atoms. The van der Waals surface area contributed by atoms with Gasteiger partial charge in [0.2, 0.25) is 0 Å². The van der Waals surface area contributed by atoms with Crippen LogP contribution >= 0.6 is 11.6 Å². The van der Waals surface area contributed by atoms with E-state index in [-0.39, 0.29) is 0 Å². The fraction of sp³-hybridized carbons (Fsp3) is 0.750. The van der Waals surface area contributed by atoms with Crippen LogP contribution in [0.3, 0.4) is 0 Å². The molecule has 1 aromatic heterocycles. The molecule has 0 bridgehead atoms. The number of piperazine rings is 1. The summed E-state index contributed by atoms with van der Waals surface area (Å²) >= 11 is 6.28. The summed E-state index contributed by atoms with van der Waals surface area (Å²) in [5, 5.41) is 7.48. The number of hydrogen-bond acceptors (Lipinski definition) is 4. The van der Waals surface area contributed by atoms with Gasteiger partial charge in [0.15, 0.2) is 0 Å². The highest BCUT2D eigenvalue weighted by atomic mass is 35.5. The lowest BCUT2D eigenvalue weighted by molar-refractivity contribution is 0.101. The number of halogens is 1. The quantitative estimate of drug-likeness (QED) is 0.890. The van der Waals surface area contributed by atoms with Crippen molar-refractivity contribution in [3.8, 4) is 0 Å². The Bertz CT molecular complexity index is 395. The predicted molar refractivity (Wildman–Crippen MR) is 73.6 cm³/mol. The van der Waals surface area contributed by atoms with Crippen molar-refractivity contribution in [2.24, 2.45) is 0 Å². The SMILES string of the molecule is CCn1nc(C)c(Cl)c1CNN1CCN(C)CC1. The molecule has 1 saturated heterocycles. The monoisotopic (exact) mass is 271 g/mol. The summed E-state index contributed by atoms with van der Waals surface area (Å²) in [6, 6.07) is 0. The highest BCUT2D eigenvalue weighted by Crippen LogP contribution is 2.20. The molecule has 0 aromatic carbocycles. The van der Waals surface area contributed by atoms with Crippen LogP contribution in [0.5, 0.6) is 0 Å². The zero-order valence-corrected chi connectivity index (χ0v) is 12.2. The topological polar surface area (TPSA) is 36.3 Å². The van der Waals surface area contributed by atoms with Crippen LogP contribution < -0.4 is 5.43 Å². The van der Waals surface area contributed by atoms with Crippen LogP contribution in [0.2, 0.25) is 5.02 Å². The Morgan fingerprint density at radius 1 is 1.28 bits per heavy atom. The number of aromatic nitrogens is 2. The number of nitrogens with zero attached hydrogens (tertiary/aromatic N) is 4. The van der Waals surface area contributed by atoms with E-state index < -0.39 is 0 Å². The first kappa shape index (κ1) is 13.8. The van der Waals surface area contributed by atoms with E-state index >= 15 is 0 Å². The van der Waals surface area contributed by atoms with Crippen molar-refractivity contribution in [3.63, 3.8) is 0 Å². The van der Waals surface area contributed by atoms with Gasteiger partial charge in [-0.15, -0.1) is 0 Å². The van der Waals surface area contributed by atoms with Gasteiger partial charge >= 0.3 is 0 Å². The number of hydrazine groups is 1. The van der Waals surface area contributed by atoms with Crippen molar-refractivity contribution < 1.29 is 0 Å². The van der Waals surface area contributed by atoms with Crippen LogP contribution in [0.1, 0.15) is 18.3 Å². The molecule has 1 aliphatic heterocycles. The van der Waals surface area contributed by atoms with E-state index in [1.165, 1.54) is 0 Å². The van der Waals surface area contributed by atoms with Crippen molar-refractivity contribution in [3.05, 3.63) is 16.4 Å². The second-order valence-electron chi connectivity index (χ2n) is 4.79. The molecular formula is C12H22ClN5. The Morgan fingerprint density at radius 2 is 1.94 bits per heavy atom. The van der Waals surface area contributed by atoms with Gasteiger partial charge in [0.25, 0.3) is 0 Å². The molecule has 1 aromatic rings. The Hall–Kier alpha value is -0.620. The van der Waals surface area contributed by atoms with Gasteiger partial charge in [-0.1, -0.05) is 11.6 Å². The number of likely N-dealkylation sites (N-methyl/N-ethyl adjacent to an activating group) is 1. The Morgan fingerprint density at radius 3 is 2.56 bits per heavy atom. The van der Waals surface area contributed by atoms with Crippen molar-refractivity contribution >= 4 is 11.6 Å². The molecule has 0 saturated carbocycles. The molecule has 0 unspecified atom stereocenters. The molecule has 5 nitrogen and oxygen atoms in total. The van der Waals surface area contributed by atoms with Crippen molar-refractivity contribution in [2.45, 2.75) is 26.9 Å². The molecule has 0 spiro atoms. The van der Waals surface area contributed by atoms with E-state index in [1.807, 2.05) is 11.6 Å². The largest absolute Gasteiger partial charge is 0.304 e. The van der Waals surface area contributed by atoms with Crippen LogP contribution in [0, 0.1) is 6.92 Å². The minimum atomic E-state index is 0.747. The van der Waals surface area contributed by atoms with Gasteiger partial charge in [-0.2, -0.15) is 5.10 Å². The summed E-state index contributed by atoms with van der Waals surface area (Å²) in [5.41, 5.74) is 5.44. The molecule has 2 heterocycles. The molecule has 0 amide bonds. The van der Waals surface area contributed by atoms with Gasteiger partial charge in [0.1, 0.15) is 0 Å². The lowest BCUT2D eigenvalue weighted by atomic mass is 10.3. The first-order valence-electron chi connectivity index (χ1n) is 6.50. The zero-order chi connectivity index (χ0) is 13.1. The maximum absolute atomic E-state index is 6.28. The van der Waals surface area contributed by atoms with E-state index in [0.29, 0.717) is 0 Å². The smallest absolute Gasteiger partial charge is 0.0860 e. The zero-order valence-electron chi connectivity index (χ0n) is 11.4. The van der Waals surface area contributed by atoms with Gasteiger partial charge in [0.05, 0.1) is 23.0 Å². The fourth-order valence-corrected chi connectivity index (χ4v) is 2.39. The van der Waals surface area contributed by atoms with Gasteiger partial charge < -0.3 is 4.90 Å². The van der Waals surface area contributed by atoms with E-state index in [4.69, 9.17) is 11.6 Å². The number of hydrogen-bond donors (Lipinski definition) is 1. The van der Waals surface area contributed by atoms with Crippen LogP contribution in [0.25, 0.3) is 0 Å². The Labute approximate surface area is 114 Å². The first-order valence-corrected chi connectivity index (χ1v) is 6.88. The van der Waals surface area contributed by atoms with Crippen LogP contribution in [-0.2, 0) is 13.1 Å². The van der Waals surface area contributed by atoms with Crippen molar-refractivity contribution in [2.75, 3.05) is 33.2 Å². The molecule has 1 N–H and O–H groups in total.